The molecule has 0 radical (unpaired) electrons. The molecule has 0 spiro atoms. The number of ether oxygens (including phenoxy) is 2. The molecule has 0 aromatic rings. The highest BCUT2D eigenvalue weighted by Crippen LogP contribution is 1.92. The maximum atomic E-state index is 11.0. The fourth-order valence-electron chi connectivity index (χ4n) is 0.178. The molecule has 0 saturated heterocycles. The van der Waals surface area contributed by atoms with Crippen LogP contribution in [-0.2, 0) is 19.1 Å². The summed E-state index contributed by atoms with van der Waals surface area (Å²) < 4.78 is 51.1. The SMILES string of the molecule is COC(=O)C(F)F.COC(=O)C(F)F. The lowest BCUT2D eigenvalue weighted by Gasteiger charge is -1.91. The summed E-state index contributed by atoms with van der Waals surface area (Å²) in [6.45, 7) is 0. The molecule has 0 saturated carbocycles. The van der Waals surface area contributed by atoms with E-state index in [9.17, 15) is 27.2 Å². The van der Waals surface area contributed by atoms with Crippen LogP contribution >= 0.6 is 0 Å². The summed E-state index contributed by atoms with van der Waals surface area (Å²) in [5.74, 6) is -2.97. The van der Waals surface area contributed by atoms with E-state index in [0.717, 1.165) is 14.2 Å². The van der Waals surface area contributed by atoms with Crippen molar-refractivity contribution in [1.82, 2.24) is 0 Å². The molecule has 0 atom stereocenters. The van der Waals surface area contributed by atoms with E-state index in [2.05, 4.69) is 9.47 Å². The zero-order valence-corrected chi connectivity index (χ0v) is 7.30. The van der Waals surface area contributed by atoms with Gasteiger partial charge in [-0.1, -0.05) is 0 Å². The molecule has 0 aliphatic heterocycles. The largest absolute Gasteiger partial charge is 0.465 e. The zero-order valence-electron chi connectivity index (χ0n) is 7.30. The Morgan fingerprint density at radius 1 is 0.857 bits per heavy atom. The van der Waals surface area contributed by atoms with Crippen molar-refractivity contribution in [1.29, 1.82) is 0 Å². The first-order valence-corrected chi connectivity index (χ1v) is 3.08. The topological polar surface area (TPSA) is 52.6 Å². The van der Waals surface area contributed by atoms with Gasteiger partial charge in [-0.25, -0.2) is 9.59 Å². The Kier molecular flexibility index (Phi) is 8.94. The van der Waals surface area contributed by atoms with Crippen LogP contribution in [-0.4, -0.2) is 39.0 Å². The van der Waals surface area contributed by atoms with Crippen molar-refractivity contribution in [3.63, 3.8) is 0 Å². The first-order valence-electron chi connectivity index (χ1n) is 3.08. The highest BCUT2D eigenvalue weighted by atomic mass is 19.3. The maximum Gasteiger partial charge on any atom is 0.373 e. The lowest BCUT2D eigenvalue weighted by molar-refractivity contribution is -0.153. The third-order valence-electron chi connectivity index (χ3n) is 0.759. The Morgan fingerprint density at radius 2 is 1.07 bits per heavy atom. The predicted octanol–water partition coefficient (Wildman–Crippen LogP) is 0.849. The van der Waals surface area contributed by atoms with Gasteiger partial charge in [-0.2, -0.15) is 17.6 Å². The van der Waals surface area contributed by atoms with Gasteiger partial charge in [0, 0.05) is 0 Å². The van der Waals surface area contributed by atoms with Crippen molar-refractivity contribution in [3.05, 3.63) is 0 Å². The summed E-state index contributed by atoms with van der Waals surface area (Å²) >= 11 is 0. The van der Waals surface area contributed by atoms with Gasteiger partial charge >= 0.3 is 24.8 Å². The molecule has 0 bridgehead atoms. The third kappa shape index (κ3) is 8.75. The van der Waals surface area contributed by atoms with E-state index in [1.807, 2.05) is 0 Å². The van der Waals surface area contributed by atoms with Crippen molar-refractivity contribution < 1.29 is 36.6 Å². The van der Waals surface area contributed by atoms with E-state index in [4.69, 9.17) is 0 Å². The van der Waals surface area contributed by atoms with Crippen LogP contribution in [0.3, 0.4) is 0 Å². The van der Waals surface area contributed by atoms with Gasteiger partial charge in [-0.05, 0) is 0 Å². The van der Waals surface area contributed by atoms with Gasteiger partial charge in [0.2, 0.25) is 0 Å². The van der Waals surface area contributed by atoms with E-state index in [-0.39, 0.29) is 0 Å². The number of methoxy groups -OCH3 is 2. The number of alkyl halides is 4. The second-order valence-corrected chi connectivity index (χ2v) is 1.65. The summed E-state index contributed by atoms with van der Waals surface area (Å²) in [5.41, 5.74) is 0. The van der Waals surface area contributed by atoms with Crippen LogP contribution in [0.15, 0.2) is 0 Å². The normalized spacial score (nSPS) is 9.14. The lowest BCUT2D eigenvalue weighted by Crippen LogP contribution is -2.10. The molecule has 0 aromatic heterocycles. The predicted molar refractivity (Wildman–Crippen MR) is 36.0 cm³/mol. The zero-order chi connectivity index (χ0) is 11.7. The molecule has 0 rings (SSSR count). The van der Waals surface area contributed by atoms with Gasteiger partial charge in [0.05, 0.1) is 14.2 Å². The quantitative estimate of drug-likeness (QED) is 0.511. The van der Waals surface area contributed by atoms with Gasteiger partial charge in [0.15, 0.2) is 0 Å². The number of hydrogen-bond acceptors (Lipinski definition) is 4. The Balaban J connectivity index is 0. The molecule has 0 aliphatic carbocycles. The van der Waals surface area contributed by atoms with Crippen molar-refractivity contribution in [2.75, 3.05) is 14.2 Å². The number of esters is 2. The molecule has 0 unspecified atom stereocenters. The molecule has 4 nitrogen and oxygen atoms in total. The van der Waals surface area contributed by atoms with Crippen LogP contribution in [0.25, 0.3) is 0 Å². The molecule has 0 heterocycles. The molecular weight excluding hydrogens is 212 g/mol. The third-order valence-corrected chi connectivity index (χ3v) is 0.759. The first-order chi connectivity index (χ1) is 6.36. The van der Waals surface area contributed by atoms with Crippen molar-refractivity contribution in [3.8, 4) is 0 Å². The van der Waals surface area contributed by atoms with Crippen molar-refractivity contribution in [2.45, 2.75) is 12.9 Å². The van der Waals surface area contributed by atoms with E-state index in [0.29, 0.717) is 0 Å². The van der Waals surface area contributed by atoms with E-state index >= 15 is 0 Å². The molecule has 0 N–H and O–H groups in total. The highest BCUT2D eigenvalue weighted by Gasteiger charge is 2.14. The molecule has 84 valence electrons. The molecule has 8 heteroatoms. The summed E-state index contributed by atoms with van der Waals surface area (Å²) in [4.78, 5) is 19.1. The number of rotatable bonds is 2. The average Bonchev–Trinajstić information content (AvgIpc) is 2.15. The first kappa shape index (κ1) is 15.1. The standard InChI is InChI=1S/2C3H4F2O2/c2*1-7-3(6)2(4)5/h2*2H,1H3. The van der Waals surface area contributed by atoms with E-state index in [1.165, 1.54) is 0 Å². The minimum absolute atomic E-state index is 0.911. The number of carbonyl (C=O) groups excluding carboxylic acids is 2. The van der Waals surface area contributed by atoms with Crippen LogP contribution < -0.4 is 0 Å². The van der Waals surface area contributed by atoms with Crippen LogP contribution in [0.1, 0.15) is 0 Å². The molecule has 0 amide bonds. The maximum absolute atomic E-state index is 11.0. The van der Waals surface area contributed by atoms with Gasteiger partial charge in [-0.3, -0.25) is 0 Å². The number of hydrogen-bond donors (Lipinski definition) is 0. The van der Waals surface area contributed by atoms with Crippen molar-refractivity contribution in [2.24, 2.45) is 0 Å². The Morgan fingerprint density at radius 3 is 1.07 bits per heavy atom. The fraction of sp³-hybridized carbons (Fsp3) is 0.667. The minimum Gasteiger partial charge on any atom is -0.465 e. The molecule has 0 aliphatic rings. The van der Waals surface area contributed by atoms with Gasteiger partial charge in [-0.15, -0.1) is 0 Å². The Bertz CT molecular complexity index is 163. The van der Waals surface area contributed by atoms with Gasteiger partial charge < -0.3 is 9.47 Å². The second-order valence-electron chi connectivity index (χ2n) is 1.65. The average molecular weight is 220 g/mol. The van der Waals surface area contributed by atoms with Crippen LogP contribution in [0.5, 0.6) is 0 Å². The number of halogens is 4. The van der Waals surface area contributed by atoms with Gasteiger partial charge in [0.1, 0.15) is 0 Å². The van der Waals surface area contributed by atoms with Gasteiger partial charge in [0.25, 0.3) is 0 Å². The number of carbonyl (C=O) groups is 2. The smallest absolute Gasteiger partial charge is 0.373 e. The Hall–Kier alpha value is -1.34. The van der Waals surface area contributed by atoms with Crippen LogP contribution in [0.2, 0.25) is 0 Å². The molecule has 0 aromatic carbocycles. The second kappa shape index (κ2) is 8.27. The molecular formula is C6H8F4O4. The summed E-state index contributed by atoms with van der Waals surface area (Å²) in [5, 5.41) is 0. The summed E-state index contributed by atoms with van der Waals surface area (Å²) in [6, 6.07) is 0. The van der Waals surface area contributed by atoms with E-state index < -0.39 is 24.8 Å². The monoisotopic (exact) mass is 220 g/mol. The van der Waals surface area contributed by atoms with Crippen LogP contribution in [0, 0.1) is 0 Å². The highest BCUT2D eigenvalue weighted by molar-refractivity contribution is 5.72. The molecule has 14 heavy (non-hydrogen) atoms. The Labute approximate surface area is 76.8 Å². The lowest BCUT2D eigenvalue weighted by atomic mass is 10.7. The minimum atomic E-state index is -3.00. The summed E-state index contributed by atoms with van der Waals surface area (Å²) in [6.07, 6.45) is -5.99. The van der Waals surface area contributed by atoms with Crippen LogP contribution in [0.4, 0.5) is 17.6 Å². The molecule has 0 fully saturated rings. The summed E-state index contributed by atoms with van der Waals surface area (Å²) in [7, 11) is 1.82. The van der Waals surface area contributed by atoms with Crippen molar-refractivity contribution >= 4 is 11.9 Å². The fourth-order valence-corrected chi connectivity index (χ4v) is 0.178. The van der Waals surface area contributed by atoms with E-state index in [1.54, 1.807) is 0 Å².